The predicted octanol–water partition coefficient (Wildman–Crippen LogP) is 3.05. The number of unbranched alkanes of at least 4 members (excludes halogenated alkanes) is 3. The van der Waals surface area contributed by atoms with Gasteiger partial charge in [0, 0.05) is 29.7 Å². The maximum absolute atomic E-state index is 11.9. The fourth-order valence-corrected chi connectivity index (χ4v) is 2.44. The van der Waals surface area contributed by atoms with Gasteiger partial charge in [-0.2, -0.15) is 0 Å². The molecule has 0 radical (unpaired) electrons. The number of nitrogens with zero attached hydrogens (tertiary/aromatic N) is 1. The Bertz CT molecular complexity index is 505. The van der Waals surface area contributed by atoms with Crippen molar-refractivity contribution in [2.24, 2.45) is 10.7 Å². The highest BCUT2D eigenvalue weighted by atomic mass is 79.9. The number of amides is 1. The summed E-state index contributed by atoms with van der Waals surface area (Å²) in [5, 5.41) is 5.98. The lowest BCUT2D eigenvalue weighted by atomic mass is 10.2. The van der Waals surface area contributed by atoms with Crippen molar-refractivity contribution in [3.63, 3.8) is 0 Å². The van der Waals surface area contributed by atoms with Gasteiger partial charge in [0.1, 0.15) is 0 Å². The fourth-order valence-electron chi connectivity index (χ4n) is 2.04. The smallest absolute Gasteiger partial charge is 0.251 e. The van der Waals surface area contributed by atoms with Gasteiger partial charge in [-0.1, -0.05) is 48.2 Å². The van der Waals surface area contributed by atoms with Gasteiger partial charge < -0.3 is 16.4 Å². The van der Waals surface area contributed by atoms with Gasteiger partial charge in [0.2, 0.25) is 0 Å². The first kappa shape index (κ1) is 19.5. The molecule has 0 unspecified atom stereocenters. The average molecular weight is 383 g/mol. The van der Waals surface area contributed by atoms with E-state index in [2.05, 4.69) is 38.5 Å². The second kappa shape index (κ2) is 11.9. The zero-order valence-corrected chi connectivity index (χ0v) is 15.4. The monoisotopic (exact) mass is 382 g/mol. The van der Waals surface area contributed by atoms with Crippen LogP contribution in [0.1, 0.15) is 49.4 Å². The van der Waals surface area contributed by atoms with Crippen molar-refractivity contribution >= 4 is 27.8 Å². The third-order valence-electron chi connectivity index (χ3n) is 3.33. The number of hydrogen-bond donors (Lipinski definition) is 3. The molecule has 6 heteroatoms. The lowest BCUT2D eigenvalue weighted by Crippen LogP contribution is -2.32. The Labute approximate surface area is 147 Å². The summed E-state index contributed by atoms with van der Waals surface area (Å²) in [6, 6.07) is 7.33. The first-order valence-electron chi connectivity index (χ1n) is 8.21. The van der Waals surface area contributed by atoms with Gasteiger partial charge in [0.05, 0.1) is 0 Å². The van der Waals surface area contributed by atoms with Crippen LogP contribution in [-0.4, -0.2) is 31.5 Å². The number of halogens is 1. The van der Waals surface area contributed by atoms with Crippen LogP contribution in [0.4, 0.5) is 0 Å². The quantitative estimate of drug-likeness (QED) is 0.330. The van der Waals surface area contributed by atoms with Crippen molar-refractivity contribution in [1.82, 2.24) is 10.6 Å². The molecule has 23 heavy (non-hydrogen) atoms. The highest BCUT2D eigenvalue weighted by molar-refractivity contribution is 9.10. The van der Waals surface area contributed by atoms with E-state index < -0.39 is 0 Å². The molecule has 0 aliphatic heterocycles. The molecule has 1 rings (SSSR count). The molecule has 0 aliphatic rings. The zero-order chi connectivity index (χ0) is 16.9. The minimum Gasteiger partial charge on any atom is -0.370 e. The van der Waals surface area contributed by atoms with Crippen molar-refractivity contribution in [2.75, 3.05) is 19.6 Å². The Morgan fingerprint density at radius 1 is 1.17 bits per heavy atom. The maximum Gasteiger partial charge on any atom is 0.251 e. The van der Waals surface area contributed by atoms with E-state index in [4.69, 9.17) is 5.73 Å². The van der Waals surface area contributed by atoms with E-state index in [9.17, 15) is 4.79 Å². The topological polar surface area (TPSA) is 79.5 Å². The Balaban J connectivity index is 2.12. The Morgan fingerprint density at radius 2 is 1.96 bits per heavy atom. The molecule has 0 aromatic heterocycles. The first-order valence-corrected chi connectivity index (χ1v) is 9.00. The highest BCUT2D eigenvalue weighted by Crippen LogP contribution is 2.11. The van der Waals surface area contributed by atoms with Crippen LogP contribution >= 0.6 is 15.9 Å². The summed E-state index contributed by atoms with van der Waals surface area (Å²) in [6.45, 7) is 4.25. The van der Waals surface area contributed by atoms with Crippen LogP contribution in [0.3, 0.4) is 0 Å². The molecule has 4 N–H and O–H groups in total. The van der Waals surface area contributed by atoms with Crippen LogP contribution in [0, 0.1) is 0 Å². The summed E-state index contributed by atoms with van der Waals surface area (Å²) >= 11 is 3.36. The molecular formula is C17H27BrN4O. The third kappa shape index (κ3) is 9.23. The lowest BCUT2D eigenvalue weighted by molar-refractivity contribution is 0.0953. The van der Waals surface area contributed by atoms with Gasteiger partial charge in [0.25, 0.3) is 5.91 Å². The van der Waals surface area contributed by atoms with Crippen molar-refractivity contribution < 1.29 is 4.79 Å². The number of nitrogens with one attached hydrogen (secondary N) is 2. The zero-order valence-electron chi connectivity index (χ0n) is 13.8. The third-order valence-corrected chi connectivity index (χ3v) is 3.82. The van der Waals surface area contributed by atoms with Crippen LogP contribution < -0.4 is 16.4 Å². The van der Waals surface area contributed by atoms with Crippen LogP contribution in [0.5, 0.6) is 0 Å². The van der Waals surface area contributed by atoms with Crippen LogP contribution in [-0.2, 0) is 0 Å². The van der Waals surface area contributed by atoms with E-state index in [1.807, 2.05) is 12.1 Å². The molecule has 0 heterocycles. The minimum absolute atomic E-state index is 0.0719. The van der Waals surface area contributed by atoms with E-state index >= 15 is 0 Å². The summed E-state index contributed by atoms with van der Waals surface area (Å²) in [4.78, 5) is 16.2. The molecule has 0 aliphatic carbocycles. The van der Waals surface area contributed by atoms with Crippen molar-refractivity contribution in [2.45, 2.75) is 39.0 Å². The fraction of sp³-hybridized carbons (Fsp3) is 0.529. The van der Waals surface area contributed by atoms with E-state index in [0.717, 1.165) is 23.9 Å². The number of carbonyl (C=O) groups excluding carboxylic acids is 1. The molecule has 0 saturated carbocycles. The van der Waals surface area contributed by atoms with Crippen LogP contribution in [0.2, 0.25) is 0 Å². The molecule has 0 fully saturated rings. The van der Waals surface area contributed by atoms with E-state index in [1.54, 1.807) is 12.1 Å². The van der Waals surface area contributed by atoms with Crippen LogP contribution in [0.15, 0.2) is 33.7 Å². The van der Waals surface area contributed by atoms with E-state index in [-0.39, 0.29) is 5.91 Å². The molecule has 0 spiro atoms. The standard InChI is InChI=1S/C17H27BrN4O/c1-2-3-4-5-10-21-17(19)22-12-7-11-20-16(23)14-8-6-9-15(18)13-14/h6,8-9,13H,2-5,7,10-12H2,1H3,(H,20,23)(H3,19,21,22). The van der Waals surface area contributed by atoms with Crippen LogP contribution in [0.25, 0.3) is 0 Å². The maximum atomic E-state index is 11.9. The first-order chi connectivity index (χ1) is 11.1. The Kier molecular flexibility index (Phi) is 10.1. The van der Waals surface area contributed by atoms with Gasteiger partial charge in [-0.3, -0.25) is 9.79 Å². The summed E-state index contributed by atoms with van der Waals surface area (Å²) in [5.41, 5.74) is 6.43. The van der Waals surface area contributed by atoms with Gasteiger partial charge in [-0.25, -0.2) is 0 Å². The van der Waals surface area contributed by atoms with E-state index in [0.29, 0.717) is 24.6 Å². The summed E-state index contributed by atoms with van der Waals surface area (Å²) in [5.74, 6) is 0.414. The highest BCUT2D eigenvalue weighted by Gasteiger charge is 2.04. The predicted molar refractivity (Wildman–Crippen MR) is 99.7 cm³/mol. The number of benzene rings is 1. The number of hydrogen-bond acceptors (Lipinski definition) is 2. The van der Waals surface area contributed by atoms with E-state index in [1.165, 1.54) is 19.3 Å². The summed E-state index contributed by atoms with van der Waals surface area (Å²) < 4.78 is 0.896. The number of rotatable bonds is 10. The molecule has 5 nitrogen and oxygen atoms in total. The average Bonchev–Trinajstić information content (AvgIpc) is 2.54. The SMILES string of the molecule is CCCCCCNC(N)=NCCCNC(=O)c1cccc(Br)c1. The van der Waals surface area contributed by atoms with Gasteiger partial charge in [-0.05, 0) is 31.0 Å². The second-order valence-corrected chi connectivity index (χ2v) is 6.29. The van der Waals surface area contributed by atoms with Crippen molar-refractivity contribution in [1.29, 1.82) is 0 Å². The number of aliphatic imine (C=N–C) groups is 1. The molecule has 128 valence electrons. The van der Waals surface area contributed by atoms with Gasteiger partial charge in [-0.15, -0.1) is 0 Å². The molecule has 1 aromatic carbocycles. The molecule has 0 bridgehead atoms. The largest absolute Gasteiger partial charge is 0.370 e. The molecular weight excluding hydrogens is 356 g/mol. The molecule has 1 aromatic rings. The minimum atomic E-state index is -0.0719. The van der Waals surface area contributed by atoms with Gasteiger partial charge >= 0.3 is 0 Å². The van der Waals surface area contributed by atoms with Gasteiger partial charge in [0.15, 0.2) is 5.96 Å². The number of carbonyl (C=O) groups is 1. The summed E-state index contributed by atoms with van der Waals surface area (Å²) in [6.07, 6.45) is 5.59. The Hall–Kier alpha value is -1.56. The summed E-state index contributed by atoms with van der Waals surface area (Å²) in [7, 11) is 0. The van der Waals surface area contributed by atoms with Crippen molar-refractivity contribution in [3.05, 3.63) is 34.3 Å². The molecule has 1 amide bonds. The number of guanidine groups is 1. The number of nitrogens with two attached hydrogens (primary N) is 1. The molecule has 0 atom stereocenters. The normalized spacial score (nSPS) is 11.3. The Morgan fingerprint density at radius 3 is 2.70 bits per heavy atom. The van der Waals surface area contributed by atoms with Crippen molar-refractivity contribution in [3.8, 4) is 0 Å². The second-order valence-electron chi connectivity index (χ2n) is 5.37. The molecule has 0 saturated heterocycles. The lowest BCUT2D eigenvalue weighted by Gasteiger charge is -2.06.